The highest BCUT2D eigenvalue weighted by atomic mass is 16.2. The van der Waals surface area contributed by atoms with Gasteiger partial charge in [-0.25, -0.2) is 4.79 Å². The van der Waals surface area contributed by atoms with E-state index < -0.39 is 0 Å². The second-order valence-corrected chi connectivity index (χ2v) is 5.96. The first-order valence-corrected chi connectivity index (χ1v) is 8.06. The smallest absolute Gasteiger partial charge is 0.319 e. The van der Waals surface area contributed by atoms with Gasteiger partial charge in [0, 0.05) is 29.0 Å². The number of carbonyl (C=O) groups is 1. The summed E-state index contributed by atoms with van der Waals surface area (Å²) in [6.07, 6.45) is 3.95. The molecule has 5 heteroatoms. The van der Waals surface area contributed by atoms with E-state index in [0.29, 0.717) is 6.04 Å². The monoisotopic (exact) mass is 318 g/mol. The van der Waals surface area contributed by atoms with Crippen molar-refractivity contribution in [3.63, 3.8) is 0 Å². The van der Waals surface area contributed by atoms with Crippen molar-refractivity contribution in [2.24, 2.45) is 0 Å². The number of carbonyl (C=O) groups excluding carboxylic acids is 1. The van der Waals surface area contributed by atoms with E-state index in [2.05, 4.69) is 20.9 Å². The number of hydrogen-bond acceptors (Lipinski definition) is 3. The normalized spacial score (nSPS) is 13.5. The molecule has 3 N–H and O–H groups in total. The summed E-state index contributed by atoms with van der Waals surface area (Å²) in [6, 6.07) is 17.9. The first-order chi connectivity index (χ1) is 11.8. The Labute approximate surface area is 140 Å². The van der Waals surface area contributed by atoms with Gasteiger partial charge in [0.15, 0.2) is 0 Å². The van der Waals surface area contributed by atoms with Gasteiger partial charge in [-0.3, -0.25) is 4.98 Å². The lowest BCUT2D eigenvalue weighted by Gasteiger charge is -2.10. The van der Waals surface area contributed by atoms with Crippen LogP contribution in [0.15, 0.2) is 60.8 Å². The van der Waals surface area contributed by atoms with Gasteiger partial charge in [0.2, 0.25) is 0 Å². The molecule has 2 aromatic carbocycles. The zero-order valence-electron chi connectivity index (χ0n) is 13.1. The molecule has 1 aliphatic rings. The Balaban J connectivity index is 1.47. The molecule has 0 radical (unpaired) electrons. The van der Waals surface area contributed by atoms with Crippen LogP contribution in [-0.2, 0) is 0 Å². The average Bonchev–Trinajstić information content (AvgIpc) is 3.41. The van der Waals surface area contributed by atoms with Gasteiger partial charge >= 0.3 is 6.03 Å². The van der Waals surface area contributed by atoms with Crippen molar-refractivity contribution in [3.05, 3.63) is 60.8 Å². The molecule has 2 amide bonds. The summed E-state index contributed by atoms with van der Waals surface area (Å²) in [7, 11) is 0. The van der Waals surface area contributed by atoms with Crippen molar-refractivity contribution in [2.45, 2.75) is 18.9 Å². The molecule has 1 aliphatic carbocycles. The molecule has 0 saturated heterocycles. The van der Waals surface area contributed by atoms with Crippen molar-refractivity contribution in [1.82, 2.24) is 10.3 Å². The van der Waals surface area contributed by atoms with Crippen LogP contribution in [0.1, 0.15) is 12.8 Å². The van der Waals surface area contributed by atoms with Crippen molar-refractivity contribution in [1.29, 1.82) is 0 Å². The zero-order chi connectivity index (χ0) is 16.4. The second-order valence-electron chi connectivity index (χ2n) is 5.96. The standard InChI is InChI=1S/C19H18N4O/c24-19(23-16-10-11-16)22-15-8-6-14(7-9-15)21-17-5-1-3-13-4-2-12-20-18(13)17/h1-9,12,16,21H,10-11H2,(H2,22,23,24). The minimum Gasteiger partial charge on any atom is -0.354 e. The summed E-state index contributed by atoms with van der Waals surface area (Å²) in [5.41, 5.74) is 3.61. The first-order valence-electron chi connectivity index (χ1n) is 8.06. The van der Waals surface area contributed by atoms with Crippen LogP contribution in [0.4, 0.5) is 21.9 Å². The van der Waals surface area contributed by atoms with Crippen molar-refractivity contribution in [3.8, 4) is 0 Å². The van der Waals surface area contributed by atoms with E-state index in [1.165, 1.54) is 0 Å². The number of nitrogens with one attached hydrogen (secondary N) is 3. The molecule has 0 unspecified atom stereocenters. The summed E-state index contributed by atoms with van der Waals surface area (Å²) >= 11 is 0. The fourth-order valence-corrected chi connectivity index (χ4v) is 2.58. The number of benzene rings is 2. The lowest BCUT2D eigenvalue weighted by atomic mass is 10.2. The number of aromatic nitrogens is 1. The molecule has 1 saturated carbocycles. The van der Waals surface area contributed by atoms with E-state index in [1.807, 2.05) is 54.6 Å². The summed E-state index contributed by atoms with van der Waals surface area (Å²) in [5, 5.41) is 10.2. The SMILES string of the molecule is O=C(Nc1ccc(Nc2cccc3cccnc23)cc1)NC1CC1. The highest BCUT2D eigenvalue weighted by Crippen LogP contribution is 2.25. The molecular weight excluding hydrogens is 300 g/mol. The van der Waals surface area contributed by atoms with Gasteiger partial charge in [-0.05, 0) is 49.2 Å². The second kappa shape index (κ2) is 6.20. The Hall–Kier alpha value is -3.08. The maximum Gasteiger partial charge on any atom is 0.319 e. The predicted molar refractivity (Wildman–Crippen MR) is 96.6 cm³/mol. The van der Waals surface area contributed by atoms with E-state index >= 15 is 0 Å². The quantitative estimate of drug-likeness (QED) is 0.673. The molecule has 0 spiro atoms. The number of rotatable bonds is 4. The molecule has 0 aliphatic heterocycles. The molecule has 24 heavy (non-hydrogen) atoms. The Morgan fingerprint density at radius 1 is 0.958 bits per heavy atom. The topological polar surface area (TPSA) is 66.0 Å². The van der Waals surface area contributed by atoms with Crippen LogP contribution in [-0.4, -0.2) is 17.1 Å². The average molecular weight is 318 g/mol. The van der Waals surface area contributed by atoms with Crippen LogP contribution >= 0.6 is 0 Å². The summed E-state index contributed by atoms with van der Waals surface area (Å²) < 4.78 is 0. The number of amides is 2. The number of urea groups is 1. The zero-order valence-corrected chi connectivity index (χ0v) is 13.1. The van der Waals surface area contributed by atoms with Crippen LogP contribution < -0.4 is 16.0 Å². The summed E-state index contributed by atoms with van der Waals surface area (Å²) in [4.78, 5) is 16.2. The molecule has 0 atom stereocenters. The third kappa shape index (κ3) is 3.30. The summed E-state index contributed by atoms with van der Waals surface area (Å²) in [6.45, 7) is 0. The number of hydrogen-bond donors (Lipinski definition) is 3. The van der Waals surface area contributed by atoms with E-state index in [4.69, 9.17) is 0 Å². The minimum absolute atomic E-state index is 0.142. The van der Waals surface area contributed by atoms with Crippen molar-refractivity contribution < 1.29 is 4.79 Å². The van der Waals surface area contributed by atoms with Crippen molar-refractivity contribution in [2.75, 3.05) is 10.6 Å². The van der Waals surface area contributed by atoms with Gasteiger partial charge in [-0.1, -0.05) is 18.2 Å². The van der Waals surface area contributed by atoms with Crippen molar-refractivity contribution >= 4 is 34.0 Å². The number of fused-ring (bicyclic) bond motifs is 1. The highest BCUT2D eigenvalue weighted by molar-refractivity contribution is 5.92. The molecule has 4 rings (SSSR count). The Kier molecular flexibility index (Phi) is 3.75. The first kappa shape index (κ1) is 14.5. The van der Waals surface area contributed by atoms with Crippen LogP contribution in [0.2, 0.25) is 0 Å². The molecule has 3 aromatic rings. The number of nitrogens with zero attached hydrogens (tertiary/aromatic N) is 1. The number of anilines is 3. The molecule has 1 fully saturated rings. The molecule has 1 heterocycles. The van der Waals surface area contributed by atoms with Crippen LogP contribution in [0.5, 0.6) is 0 Å². The minimum atomic E-state index is -0.142. The molecule has 1 aromatic heterocycles. The third-order valence-electron chi connectivity index (χ3n) is 3.97. The Morgan fingerprint density at radius 3 is 2.50 bits per heavy atom. The van der Waals surface area contributed by atoms with E-state index in [0.717, 1.165) is 40.8 Å². The maximum atomic E-state index is 11.7. The Morgan fingerprint density at radius 2 is 1.71 bits per heavy atom. The fraction of sp³-hybridized carbons (Fsp3) is 0.158. The molecule has 0 bridgehead atoms. The highest BCUT2D eigenvalue weighted by Gasteiger charge is 2.23. The van der Waals surface area contributed by atoms with Crippen LogP contribution in [0, 0.1) is 0 Å². The van der Waals surface area contributed by atoms with Gasteiger partial charge in [-0.15, -0.1) is 0 Å². The predicted octanol–water partition coefficient (Wildman–Crippen LogP) is 4.26. The third-order valence-corrected chi connectivity index (χ3v) is 3.97. The van der Waals surface area contributed by atoms with E-state index in [9.17, 15) is 4.79 Å². The molecule has 120 valence electrons. The maximum absolute atomic E-state index is 11.7. The number of para-hydroxylation sites is 1. The fourth-order valence-electron chi connectivity index (χ4n) is 2.58. The largest absolute Gasteiger partial charge is 0.354 e. The van der Waals surface area contributed by atoms with Gasteiger partial charge in [0.05, 0.1) is 11.2 Å². The Bertz CT molecular complexity index is 867. The van der Waals surface area contributed by atoms with Gasteiger partial charge in [0.1, 0.15) is 0 Å². The van der Waals surface area contributed by atoms with Crippen LogP contribution in [0.25, 0.3) is 10.9 Å². The molecule has 5 nitrogen and oxygen atoms in total. The lowest BCUT2D eigenvalue weighted by Crippen LogP contribution is -2.30. The summed E-state index contributed by atoms with van der Waals surface area (Å²) in [5.74, 6) is 0. The molecular formula is C19H18N4O. The van der Waals surface area contributed by atoms with Gasteiger partial charge in [0.25, 0.3) is 0 Å². The van der Waals surface area contributed by atoms with E-state index in [1.54, 1.807) is 6.20 Å². The lowest BCUT2D eigenvalue weighted by molar-refractivity contribution is 0.251. The van der Waals surface area contributed by atoms with Gasteiger partial charge in [-0.2, -0.15) is 0 Å². The van der Waals surface area contributed by atoms with E-state index in [-0.39, 0.29) is 6.03 Å². The number of pyridine rings is 1. The van der Waals surface area contributed by atoms with Crippen LogP contribution in [0.3, 0.4) is 0 Å². The van der Waals surface area contributed by atoms with Gasteiger partial charge < -0.3 is 16.0 Å².